The lowest BCUT2D eigenvalue weighted by molar-refractivity contribution is 0.0526. The first-order valence-electron chi connectivity index (χ1n) is 6.44. The molecular formula is C16H16FNO2. The van der Waals surface area contributed by atoms with Crippen molar-refractivity contribution in [3.05, 3.63) is 65.5 Å². The number of benzene rings is 2. The molecule has 0 saturated carbocycles. The number of hydrogen-bond acceptors (Lipinski definition) is 3. The van der Waals surface area contributed by atoms with E-state index in [1.165, 1.54) is 12.1 Å². The molecule has 0 saturated heterocycles. The molecule has 0 radical (unpaired) electrons. The molecule has 104 valence electrons. The zero-order valence-electron chi connectivity index (χ0n) is 11.2. The van der Waals surface area contributed by atoms with Gasteiger partial charge in [0.25, 0.3) is 0 Å². The van der Waals surface area contributed by atoms with Gasteiger partial charge in [-0.25, -0.2) is 9.18 Å². The molecule has 0 heterocycles. The van der Waals surface area contributed by atoms with Crippen molar-refractivity contribution in [3.8, 4) is 0 Å². The molecule has 0 spiro atoms. The lowest BCUT2D eigenvalue weighted by Gasteiger charge is -2.07. The maximum absolute atomic E-state index is 13.0. The molecule has 1 N–H and O–H groups in total. The smallest absolute Gasteiger partial charge is 0.338 e. The van der Waals surface area contributed by atoms with E-state index in [1.54, 1.807) is 37.3 Å². The molecular weight excluding hydrogens is 257 g/mol. The van der Waals surface area contributed by atoms with E-state index in [4.69, 9.17) is 4.74 Å². The molecule has 2 aromatic rings. The second kappa shape index (κ2) is 6.70. The first-order valence-corrected chi connectivity index (χ1v) is 6.44. The summed E-state index contributed by atoms with van der Waals surface area (Å²) in [5.74, 6) is -0.578. The Hall–Kier alpha value is -2.36. The van der Waals surface area contributed by atoms with Crippen molar-refractivity contribution in [1.82, 2.24) is 0 Å². The van der Waals surface area contributed by atoms with Gasteiger partial charge in [0, 0.05) is 12.2 Å². The van der Waals surface area contributed by atoms with Crippen LogP contribution in [0.5, 0.6) is 0 Å². The highest BCUT2D eigenvalue weighted by Gasteiger charge is 2.05. The van der Waals surface area contributed by atoms with E-state index in [0.717, 1.165) is 11.3 Å². The molecule has 3 nitrogen and oxygen atoms in total. The molecule has 0 fully saturated rings. The highest BCUT2D eigenvalue weighted by atomic mass is 19.1. The largest absolute Gasteiger partial charge is 0.462 e. The summed E-state index contributed by atoms with van der Waals surface area (Å²) in [4.78, 5) is 11.5. The summed E-state index contributed by atoms with van der Waals surface area (Å²) >= 11 is 0. The van der Waals surface area contributed by atoms with E-state index in [1.807, 2.05) is 6.07 Å². The number of anilines is 1. The molecule has 0 atom stereocenters. The monoisotopic (exact) mass is 273 g/mol. The Kier molecular flexibility index (Phi) is 4.71. The van der Waals surface area contributed by atoms with Crippen LogP contribution in [0, 0.1) is 5.82 Å². The van der Waals surface area contributed by atoms with Gasteiger partial charge in [-0.2, -0.15) is 0 Å². The molecule has 0 aromatic heterocycles. The zero-order chi connectivity index (χ0) is 14.4. The van der Waals surface area contributed by atoms with Crippen LogP contribution in [-0.4, -0.2) is 12.6 Å². The van der Waals surface area contributed by atoms with E-state index in [2.05, 4.69) is 5.32 Å². The number of ether oxygens (including phenoxy) is 1. The Labute approximate surface area is 117 Å². The van der Waals surface area contributed by atoms with E-state index >= 15 is 0 Å². The van der Waals surface area contributed by atoms with Crippen LogP contribution in [-0.2, 0) is 11.3 Å². The fourth-order valence-corrected chi connectivity index (χ4v) is 1.79. The Morgan fingerprint density at radius 3 is 2.60 bits per heavy atom. The van der Waals surface area contributed by atoms with Gasteiger partial charge in [-0.15, -0.1) is 0 Å². The van der Waals surface area contributed by atoms with Crippen LogP contribution in [0.25, 0.3) is 0 Å². The average Bonchev–Trinajstić information content (AvgIpc) is 2.46. The SMILES string of the molecule is CCOC(=O)c1ccc(NCc2cccc(F)c2)cc1. The Balaban J connectivity index is 1.95. The number of carbonyl (C=O) groups is 1. The third-order valence-corrected chi connectivity index (χ3v) is 2.78. The normalized spacial score (nSPS) is 10.1. The number of nitrogens with one attached hydrogen (secondary N) is 1. The van der Waals surface area contributed by atoms with Crippen LogP contribution >= 0.6 is 0 Å². The minimum absolute atomic E-state index is 0.248. The zero-order valence-corrected chi connectivity index (χ0v) is 11.2. The van der Waals surface area contributed by atoms with Crippen molar-refractivity contribution in [2.45, 2.75) is 13.5 Å². The van der Waals surface area contributed by atoms with E-state index in [9.17, 15) is 9.18 Å². The van der Waals surface area contributed by atoms with Gasteiger partial charge in [-0.05, 0) is 48.9 Å². The van der Waals surface area contributed by atoms with Crippen LogP contribution in [0.2, 0.25) is 0 Å². The summed E-state index contributed by atoms with van der Waals surface area (Å²) in [6.07, 6.45) is 0. The summed E-state index contributed by atoms with van der Waals surface area (Å²) in [6, 6.07) is 13.4. The number of rotatable bonds is 5. The van der Waals surface area contributed by atoms with Crippen LogP contribution < -0.4 is 5.32 Å². The van der Waals surface area contributed by atoms with Gasteiger partial charge >= 0.3 is 5.97 Å². The summed E-state index contributed by atoms with van der Waals surface area (Å²) in [5, 5.41) is 3.17. The number of carbonyl (C=O) groups excluding carboxylic acids is 1. The third kappa shape index (κ3) is 3.82. The fraction of sp³-hybridized carbons (Fsp3) is 0.188. The van der Waals surface area contributed by atoms with Crippen molar-refractivity contribution in [2.75, 3.05) is 11.9 Å². The topological polar surface area (TPSA) is 38.3 Å². The number of hydrogen-bond donors (Lipinski definition) is 1. The van der Waals surface area contributed by atoms with Gasteiger partial charge < -0.3 is 10.1 Å². The maximum Gasteiger partial charge on any atom is 0.338 e. The van der Waals surface area contributed by atoms with Crippen LogP contribution in [0.1, 0.15) is 22.8 Å². The highest BCUT2D eigenvalue weighted by molar-refractivity contribution is 5.89. The molecule has 0 bridgehead atoms. The average molecular weight is 273 g/mol. The summed E-state index contributed by atoms with van der Waals surface area (Å²) < 4.78 is 17.9. The second-order valence-corrected chi connectivity index (χ2v) is 4.28. The van der Waals surface area contributed by atoms with Gasteiger partial charge in [-0.3, -0.25) is 0 Å². The molecule has 0 amide bonds. The molecule has 2 rings (SSSR count). The molecule has 0 aliphatic carbocycles. The molecule has 4 heteroatoms. The highest BCUT2D eigenvalue weighted by Crippen LogP contribution is 2.12. The van der Waals surface area contributed by atoms with Gasteiger partial charge in [-0.1, -0.05) is 12.1 Å². The van der Waals surface area contributed by atoms with Crippen molar-refractivity contribution in [2.24, 2.45) is 0 Å². The van der Waals surface area contributed by atoms with Crippen LogP contribution in [0.4, 0.5) is 10.1 Å². The van der Waals surface area contributed by atoms with Crippen LogP contribution in [0.15, 0.2) is 48.5 Å². The second-order valence-electron chi connectivity index (χ2n) is 4.28. The van der Waals surface area contributed by atoms with Gasteiger partial charge in [0.1, 0.15) is 5.82 Å². The third-order valence-electron chi connectivity index (χ3n) is 2.78. The first-order chi connectivity index (χ1) is 9.69. The van der Waals surface area contributed by atoms with Crippen molar-refractivity contribution < 1.29 is 13.9 Å². The van der Waals surface area contributed by atoms with Gasteiger partial charge in [0.05, 0.1) is 12.2 Å². The Morgan fingerprint density at radius 1 is 1.20 bits per heavy atom. The molecule has 0 aliphatic heterocycles. The molecule has 0 aliphatic rings. The molecule has 2 aromatic carbocycles. The lowest BCUT2D eigenvalue weighted by atomic mass is 10.2. The van der Waals surface area contributed by atoms with E-state index < -0.39 is 0 Å². The van der Waals surface area contributed by atoms with E-state index in [-0.39, 0.29) is 11.8 Å². The molecule has 20 heavy (non-hydrogen) atoms. The predicted octanol–water partition coefficient (Wildman–Crippen LogP) is 3.61. The quantitative estimate of drug-likeness (QED) is 0.846. The first kappa shape index (κ1) is 14.1. The van der Waals surface area contributed by atoms with Crippen molar-refractivity contribution in [3.63, 3.8) is 0 Å². The van der Waals surface area contributed by atoms with Gasteiger partial charge in [0.2, 0.25) is 0 Å². The summed E-state index contributed by atoms with van der Waals surface area (Å²) in [7, 11) is 0. The van der Waals surface area contributed by atoms with Crippen LogP contribution in [0.3, 0.4) is 0 Å². The molecule has 0 unspecified atom stereocenters. The fourth-order valence-electron chi connectivity index (χ4n) is 1.79. The minimum Gasteiger partial charge on any atom is -0.462 e. The number of esters is 1. The van der Waals surface area contributed by atoms with Gasteiger partial charge in [0.15, 0.2) is 0 Å². The number of halogens is 1. The maximum atomic E-state index is 13.0. The predicted molar refractivity (Wildman–Crippen MR) is 76.1 cm³/mol. The Bertz CT molecular complexity index is 581. The standard InChI is InChI=1S/C16H16FNO2/c1-2-20-16(19)13-6-8-15(9-7-13)18-11-12-4-3-5-14(17)10-12/h3-10,18H,2,11H2,1H3. The Morgan fingerprint density at radius 2 is 1.95 bits per heavy atom. The lowest BCUT2D eigenvalue weighted by Crippen LogP contribution is -2.05. The summed E-state index contributed by atoms with van der Waals surface area (Å²) in [6.45, 7) is 2.65. The summed E-state index contributed by atoms with van der Waals surface area (Å²) in [5.41, 5.74) is 2.24. The minimum atomic E-state index is -0.329. The van der Waals surface area contributed by atoms with Crippen molar-refractivity contribution in [1.29, 1.82) is 0 Å². The van der Waals surface area contributed by atoms with Crippen molar-refractivity contribution >= 4 is 11.7 Å². The van der Waals surface area contributed by atoms with E-state index in [0.29, 0.717) is 18.7 Å².